The monoisotopic (exact) mass is 558 g/mol. The van der Waals surface area contributed by atoms with Gasteiger partial charge in [0.2, 0.25) is 6.79 Å². The number of aliphatic imine (C=N–C) groups is 1. The maximum Gasteiger partial charge on any atom is 0.231 e. The Bertz CT molecular complexity index is 849. The molecule has 0 radical (unpaired) electrons. The highest BCUT2D eigenvalue weighted by Gasteiger charge is 2.31. The highest BCUT2D eigenvalue weighted by atomic mass is 127. The van der Waals surface area contributed by atoms with Gasteiger partial charge >= 0.3 is 0 Å². The third-order valence-electron chi connectivity index (χ3n) is 5.60. The third-order valence-corrected chi connectivity index (χ3v) is 6.55. The van der Waals surface area contributed by atoms with Crippen LogP contribution >= 0.6 is 35.3 Å². The van der Waals surface area contributed by atoms with E-state index in [0.29, 0.717) is 25.1 Å². The summed E-state index contributed by atoms with van der Waals surface area (Å²) >= 11 is 1.85. The number of hydrogen-bond acceptors (Lipinski definition) is 6. The number of fused-ring (bicyclic) bond motifs is 1. The Balaban J connectivity index is 0.00000272. The Hall–Kier alpha value is -1.72. The van der Waals surface area contributed by atoms with Gasteiger partial charge < -0.3 is 24.8 Å². The minimum Gasteiger partial charge on any atom is -0.492 e. The van der Waals surface area contributed by atoms with Crippen molar-refractivity contribution in [1.82, 2.24) is 15.5 Å². The van der Waals surface area contributed by atoms with Gasteiger partial charge in [0, 0.05) is 30.6 Å². The van der Waals surface area contributed by atoms with Crippen LogP contribution in [0.5, 0.6) is 17.2 Å². The summed E-state index contributed by atoms with van der Waals surface area (Å²) in [6.45, 7) is 3.52. The number of thiophene rings is 1. The highest BCUT2D eigenvalue weighted by Crippen LogP contribution is 2.37. The summed E-state index contributed by atoms with van der Waals surface area (Å²) in [6, 6.07) is 10.5. The summed E-state index contributed by atoms with van der Waals surface area (Å²) in [5.74, 6) is 3.64. The maximum absolute atomic E-state index is 5.81. The number of halogens is 1. The first-order valence-corrected chi connectivity index (χ1v) is 11.3. The van der Waals surface area contributed by atoms with E-state index in [1.54, 1.807) is 7.05 Å². The molecule has 1 fully saturated rings. The van der Waals surface area contributed by atoms with Crippen molar-refractivity contribution in [2.75, 3.05) is 47.1 Å². The molecule has 2 unspecified atom stereocenters. The van der Waals surface area contributed by atoms with Crippen LogP contribution in [-0.4, -0.2) is 58.0 Å². The van der Waals surface area contributed by atoms with Crippen molar-refractivity contribution >= 4 is 41.3 Å². The van der Waals surface area contributed by atoms with Crippen LogP contribution in [0.3, 0.4) is 0 Å². The Labute approximate surface area is 205 Å². The molecule has 170 valence electrons. The summed E-state index contributed by atoms with van der Waals surface area (Å²) in [5, 5.41) is 9.02. The average Bonchev–Trinajstić information content (AvgIpc) is 3.45. The van der Waals surface area contributed by atoms with E-state index in [4.69, 9.17) is 14.2 Å². The first-order chi connectivity index (χ1) is 14.7. The van der Waals surface area contributed by atoms with Crippen LogP contribution in [0, 0.1) is 5.92 Å². The maximum atomic E-state index is 5.81. The summed E-state index contributed by atoms with van der Waals surface area (Å²) in [6.07, 6.45) is 2.46. The zero-order valence-corrected chi connectivity index (χ0v) is 21.2. The second kappa shape index (κ2) is 11.8. The summed E-state index contributed by atoms with van der Waals surface area (Å²) in [5.41, 5.74) is 0. The Morgan fingerprint density at radius 3 is 2.94 bits per heavy atom. The topological polar surface area (TPSA) is 67.4 Å². The molecule has 1 aromatic carbocycles. The molecule has 0 aliphatic carbocycles. The number of hydrogen-bond donors (Lipinski definition) is 2. The Kier molecular flexibility index (Phi) is 9.09. The molecule has 2 aliphatic heterocycles. The molecule has 0 spiro atoms. The smallest absolute Gasteiger partial charge is 0.231 e. The summed E-state index contributed by atoms with van der Waals surface area (Å²) in [4.78, 5) is 8.29. The molecule has 4 rings (SSSR count). The van der Waals surface area contributed by atoms with Gasteiger partial charge in [-0.25, -0.2) is 0 Å². The van der Waals surface area contributed by atoms with Gasteiger partial charge in [0.1, 0.15) is 12.4 Å². The fourth-order valence-corrected chi connectivity index (χ4v) is 5.12. The van der Waals surface area contributed by atoms with E-state index >= 15 is 0 Å². The molecule has 3 heterocycles. The average molecular weight is 558 g/mol. The van der Waals surface area contributed by atoms with Gasteiger partial charge in [0.05, 0.1) is 6.54 Å². The van der Waals surface area contributed by atoms with E-state index in [9.17, 15) is 0 Å². The number of ether oxygens (including phenoxy) is 3. The van der Waals surface area contributed by atoms with Gasteiger partial charge in [0.25, 0.3) is 0 Å². The second-order valence-electron chi connectivity index (χ2n) is 7.59. The van der Waals surface area contributed by atoms with Gasteiger partial charge in [0.15, 0.2) is 17.5 Å². The summed E-state index contributed by atoms with van der Waals surface area (Å²) in [7, 11) is 4.04. The number of rotatable bonds is 7. The van der Waals surface area contributed by atoms with Crippen molar-refractivity contribution in [1.29, 1.82) is 0 Å². The molecule has 9 heteroatoms. The molecular formula is C22H31IN4O3S. The van der Waals surface area contributed by atoms with Gasteiger partial charge in [-0.3, -0.25) is 9.89 Å². The fraction of sp³-hybridized carbons (Fsp3) is 0.500. The van der Waals surface area contributed by atoms with Crippen LogP contribution in [0.15, 0.2) is 40.7 Å². The van der Waals surface area contributed by atoms with E-state index < -0.39 is 0 Å². The number of nitrogens with zero attached hydrogens (tertiary/aromatic N) is 2. The lowest BCUT2D eigenvalue weighted by atomic mass is 9.88. The third kappa shape index (κ3) is 6.17. The molecule has 31 heavy (non-hydrogen) atoms. The number of benzene rings is 1. The first kappa shape index (κ1) is 23.9. The molecule has 0 saturated carbocycles. The van der Waals surface area contributed by atoms with E-state index in [2.05, 4.69) is 45.1 Å². The van der Waals surface area contributed by atoms with Gasteiger partial charge in [-0.15, -0.1) is 35.3 Å². The van der Waals surface area contributed by atoms with Crippen molar-refractivity contribution in [3.63, 3.8) is 0 Å². The van der Waals surface area contributed by atoms with E-state index in [1.807, 2.05) is 29.5 Å². The fourth-order valence-electron chi connectivity index (χ4n) is 4.14. The second-order valence-corrected chi connectivity index (χ2v) is 8.57. The number of guanidine groups is 1. The molecule has 2 aromatic rings. The van der Waals surface area contributed by atoms with Crippen LogP contribution in [0.25, 0.3) is 0 Å². The van der Waals surface area contributed by atoms with Crippen molar-refractivity contribution < 1.29 is 14.2 Å². The molecule has 0 bridgehead atoms. The SMILES string of the molecule is CN=C(NCCOc1ccc2c(c1)OCO2)NCC1CCCN(C)C1c1cccs1.I. The predicted octanol–water partition coefficient (Wildman–Crippen LogP) is 3.72. The standard InChI is InChI=1S/C22H30N4O3S.HI/c1-23-22(24-9-11-27-17-7-8-18-19(13-17)29-15-28-18)25-14-16-5-3-10-26(2)21(16)20-6-4-12-30-20;/h4,6-8,12-13,16,21H,3,5,9-11,14-15H2,1-2H3,(H2,23,24,25);1H. The van der Waals surface area contributed by atoms with Gasteiger partial charge in [-0.1, -0.05) is 6.07 Å². The van der Waals surface area contributed by atoms with Crippen LogP contribution < -0.4 is 24.8 Å². The van der Waals surface area contributed by atoms with Crippen LogP contribution in [0.1, 0.15) is 23.8 Å². The molecule has 2 aliphatic rings. The molecule has 2 N–H and O–H groups in total. The van der Waals surface area contributed by atoms with E-state index in [0.717, 1.165) is 36.3 Å². The quantitative estimate of drug-likeness (QED) is 0.234. The van der Waals surface area contributed by atoms with Crippen LogP contribution in [0.4, 0.5) is 0 Å². The Morgan fingerprint density at radius 2 is 2.13 bits per heavy atom. The normalized spacial score (nSPS) is 20.8. The number of piperidine rings is 1. The number of nitrogens with one attached hydrogen (secondary N) is 2. The van der Waals surface area contributed by atoms with E-state index in [1.165, 1.54) is 17.7 Å². The molecule has 1 aromatic heterocycles. The van der Waals surface area contributed by atoms with Gasteiger partial charge in [-0.05, 0) is 55.9 Å². The molecule has 2 atom stereocenters. The van der Waals surface area contributed by atoms with Crippen LogP contribution in [0.2, 0.25) is 0 Å². The van der Waals surface area contributed by atoms with Crippen molar-refractivity contribution in [2.24, 2.45) is 10.9 Å². The lowest BCUT2D eigenvalue weighted by Gasteiger charge is -2.39. The van der Waals surface area contributed by atoms with Crippen molar-refractivity contribution in [3.8, 4) is 17.2 Å². The molecule has 1 saturated heterocycles. The minimum absolute atomic E-state index is 0. The number of likely N-dealkylation sites (tertiary alicyclic amines) is 1. The lowest BCUT2D eigenvalue weighted by molar-refractivity contribution is 0.125. The minimum atomic E-state index is 0. The molecule has 7 nitrogen and oxygen atoms in total. The summed E-state index contributed by atoms with van der Waals surface area (Å²) < 4.78 is 16.5. The molecular weight excluding hydrogens is 527 g/mol. The molecule has 0 amide bonds. The highest BCUT2D eigenvalue weighted by molar-refractivity contribution is 14.0. The van der Waals surface area contributed by atoms with Crippen molar-refractivity contribution in [2.45, 2.75) is 18.9 Å². The van der Waals surface area contributed by atoms with Crippen molar-refractivity contribution in [3.05, 3.63) is 40.6 Å². The van der Waals surface area contributed by atoms with E-state index in [-0.39, 0.29) is 30.8 Å². The van der Waals surface area contributed by atoms with Gasteiger partial charge in [-0.2, -0.15) is 0 Å². The Morgan fingerprint density at radius 1 is 1.26 bits per heavy atom. The van der Waals surface area contributed by atoms with Crippen LogP contribution in [-0.2, 0) is 0 Å². The zero-order chi connectivity index (χ0) is 20.8. The first-order valence-electron chi connectivity index (χ1n) is 10.4. The zero-order valence-electron chi connectivity index (χ0n) is 18.0. The lowest BCUT2D eigenvalue weighted by Crippen LogP contribution is -2.45. The largest absolute Gasteiger partial charge is 0.492 e. The predicted molar refractivity (Wildman–Crippen MR) is 135 cm³/mol.